The molecule has 0 saturated carbocycles. The van der Waals surface area contributed by atoms with E-state index in [0.29, 0.717) is 65.9 Å². The number of carbonyl (C=O) groups excluding carboxylic acids is 2. The van der Waals surface area contributed by atoms with Crippen LogP contribution in [0.2, 0.25) is 0 Å². The van der Waals surface area contributed by atoms with Gasteiger partial charge in [0.25, 0.3) is 0 Å². The number of nitrogens with one attached hydrogen (secondary N) is 2. The molecule has 0 aliphatic heterocycles. The van der Waals surface area contributed by atoms with E-state index >= 15 is 0 Å². The van der Waals surface area contributed by atoms with Crippen molar-refractivity contribution in [1.29, 1.82) is 0 Å². The van der Waals surface area contributed by atoms with Gasteiger partial charge in [-0.05, 0) is 0 Å². The third-order valence-corrected chi connectivity index (χ3v) is 3.42. The monoisotopic (exact) mass is 462 g/mol. The molecule has 0 spiro atoms. The topological polar surface area (TPSA) is 151 Å². The summed E-state index contributed by atoms with van der Waals surface area (Å²) in [6, 6.07) is 0. The van der Waals surface area contributed by atoms with Crippen LogP contribution in [0.15, 0.2) is 0 Å². The standard InChI is InChI=1S/C20H34N2O10/c1-2-7-32-20(26)22-6-11-30-15-17-31-16-13-27-8-3-18(23)21-5-10-29-14-12-28-9-4-19(24)25/h1H,3-17H2,(H,21,23)(H,22,26)(H,24,25). The van der Waals surface area contributed by atoms with Gasteiger partial charge < -0.3 is 44.2 Å². The van der Waals surface area contributed by atoms with E-state index in [2.05, 4.69) is 21.3 Å². The number of rotatable bonds is 22. The molecular formula is C20H34N2O10. The van der Waals surface area contributed by atoms with E-state index in [0.717, 1.165) is 0 Å². The third-order valence-electron chi connectivity index (χ3n) is 3.42. The Hall–Kier alpha value is -2.43. The molecule has 0 fully saturated rings. The number of carbonyl (C=O) groups is 3. The summed E-state index contributed by atoms with van der Waals surface area (Å²) >= 11 is 0. The van der Waals surface area contributed by atoms with E-state index in [1.165, 1.54) is 0 Å². The van der Waals surface area contributed by atoms with Crippen molar-refractivity contribution in [2.45, 2.75) is 12.8 Å². The highest BCUT2D eigenvalue weighted by molar-refractivity contribution is 5.75. The lowest BCUT2D eigenvalue weighted by Gasteiger charge is -2.08. The maximum atomic E-state index is 11.6. The second-order valence-electron chi connectivity index (χ2n) is 6.01. The Balaban J connectivity index is 3.22. The minimum absolute atomic E-state index is 0.0355. The first kappa shape index (κ1) is 29.6. The fourth-order valence-electron chi connectivity index (χ4n) is 1.92. The quantitative estimate of drug-likeness (QED) is 0.141. The van der Waals surface area contributed by atoms with Gasteiger partial charge in [0, 0.05) is 19.5 Å². The van der Waals surface area contributed by atoms with Crippen LogP contribution in [0.5, 0.6) is 0 Å². The molecule has 0 unspecified atom stereocenters. The van der Waals surface area contributed by atoms with Crippen molar-refractivity contribution >= 4 is 18.0 Å². The summed E-state index contributed by atoms with van der Waals surface area (Å²) in [7, 11) is 0. The van der Waals surface area contributed by atoms with Gasteiger partial charge in [-0.3, -0.25) is 9.59 Å². The number of hydrogen-bond donors (Lipinski definition) is 3. The molecular weight excluding hydrogens is 428 g/mol. The number of hydrogen-bond acceptors (Lipinski definition) is 9. The zero-order valence-corrected chi connectivity index (χ0v) is 18.3. The lowest BCUT2D eigenvalue weighted by atomic mass is 10.4. The Labute approximate surface area is 188 Å². The summed E-state index contributed by atoms with van der Waals surface area (Å²) in [6.45, 7) is 3.86. The van der Waals surface area contributed by atoms with Gasteiger partial charge in [0.15, 0.2) is 6.61 Å². The summed E-state index contributed by atoms with van der Waals surface area (Å²) < 4.78 is 30.8. The molecule has 0 aliphatic carbocycles. The van der Waals surface area contributed by atoms with Crippen LogP contribution < -0.4 is 10.6 Å². The number of carboxylic acid groups (broad SMARTS) is 1. The highest BCUT2D eigenvalue weighted by atomic mass is 16.6. The number of alkyl carbamates (subject to hydrolysis) is 1. The lowest BCUT2D eigenvalue weighted by molar-refractivity contribution is -0.138. The zero-order chi connectivity index (χ0) is 23.7. The van der Waals surface area contributed by atoms with Crippen LogP contribution in [0, 0.1) is 12.3 Å². The number of carboxylic acids is 1. The molecule has 2 amide bonds. The van der Waals surface area contributed by atoms with Crippen molar-refractivity contribution in [3.05, 3.63) is 0 Å². The minimum Gasteiger partial charge on any atom is -0.481 e. The number of amides is 2. The molecule has 184 valence electrons. The maximum absolute atomic E-state index is 11.6. The van der Waals surface area contributed by atoms with Crippen LogP contribution in [-0.4, -0.2) is 109 Å². The van der Waals surface area contributed by atoms with Crippen molar-refractivity contribution in [3.8, 4) is 12.3 Å². The Kier molecular flexibility index (Phi) is 21.5. The van der Waals surface area contributed by atoms with Crippen LogP contribution in [-0.2, 0) is 38.0 Å². The van der Waals surface area contributed by atoms with E-state index < -0.39 is 12.1 Å². The van der Waals surface area contributed by atoms with Crippen LogP contribution in [0.4, 0.5) is 4.79 Å². The average molecular weight is 462 g/mol. The molecule has 0 aromatic carbocycles. The van der Waals surface area contributed by atoms with Crippen molar-refractivity contribution in [2.75, 3.05) is 85.8 Å². The van der Waals surface area contributed by atoms with E-state index in [1.807, 2.05) is 0 Å². The van der Waals surface area contributed by atoms with Crippen LogP contribution in [0.25, 0.3) is 0 Å². The second kappa shape index (κ2) is 23.2. The van der Waals surface area contributed by atoms with Crippen molar-refractivity contribution in [1.82, 2.24) is 10.6 Å². The average Bonchev–Trinajstić information content (AvgIpc) is 2.77. The molecule has 0 bridgehead atoms. The third kappa shape index (κ3) is 23.8. The number of terminal acetylenes is 1. The molecule has 0 radical (unpaired) electrons. The zero-order valence-electron chi connectivity index (χ0n) is 18.3. The SMILES string of the molecule is C#CCOC(=O)NCCOCCOCCOCCC(=O)NCCOCCOCCC(=O)O. The largest absolute Gasteiger partial charge is 0.481 e. The van der Waals surface area contributed by atoms with Gasteiger partial charge in [0.1, 0.15) is 0 Å². The van der Waals surface area contributed by atoms with Crippen LogP contribution >= 0.6 is 0 Å². The molecule has 3 N–H and O–H groups in total. The maximum Gasteiger partial charge on any atom is 0.408 e. The summed E-state index contributed by atoms with van der Waals surface area (Å²) in [6.07, 6.45) is 4.57. The van der Waals surface area contributed by atoms with Crippen LogP contribution in [0.1, 0.15) is 12.8 Å². The summed E-state index contributed by atoms with van der Waals surface area (Å²) in [5.74, 6) is 1.14. The fourth-order valence-corrected chi connectivity index (χ4v) is 1.92. The van der Waals surface area contributed by atoms with E-state index in [-0.39, 0.29) is 38.6 Å². The minimum atomic E-state index is -0.903. The summed E-state index contributed by atoms with van der Waals surface area (Å²) in [5.41, 5.74) is 0. The Morgan fingerprint density at radius 3 is 1.69 bits per heavy atom. The van der Waals surface area contributed by atoms with Gasteiger partial charge in [-0.15, -0.1) is 6.42 Å². The highest BCUT2D eigenvalue weighted by Crippen LogP contribution is 1.87. The van der Waals surface area contributed by atoms with Gasteiger partial charge >= 0.3 is 12.1 Å². The van der Waals surface area contributed by atoms with E-state index in [1.54, 1.807) is 0 Å². The molecule has 0 aromatic heterocycles. The molecule has 12 heteroatoms. The predicted molar refractivity (Wildman–Crippen MR) is 112 cm³/mol. The summed E-state index contributed by atoms with van der Waals surface area (Å²) in [5, 5.41) is 13.6. The molecule has 32 heavy (non-hydrogen) atoms. The number of aliphatic carboxylic acids is 1. The highest BCUT2D eigenvalue weighted by Gasteiger charge is 2.02. The Morgan fingerprint density at radius 2 is 1.16 bits per heavy atom. The van der Waals surface area contributed by atoms with E-state index in [4.69, 9.17) is 35.2 Å². The van der Waals surface area contributed by atoms with Crippen LogP contribution in [0.3, 0.4) is 0 Å². The molecule has 0 aliphatic rings. The first-order chi connectivity index (χ1) is 15.6. The van der Waals surface area contributed by atoms with Gasteiger partial charge in [0.2, 0.25) is 5.91 Å². The predicted octanol–water partition coefficient (Wildman–Crippen LogP) is -0.590. The summed E-state index contributed by atoms with van der Waals surface area (Å²) in [4.78, 5) is 33.0. The number of ether oxygens (including phenoxy) is 6. The smallest absolute Gasteiger partial charge is 0.408 e. The van der Waals surface area contributed by atoms with Crippen molar-refractivity contribution in [3.63, 3.8) is 0 Å². The van der Waals surface area contributed by atoms with Crippen molar-refractivity contribution < 1.29 is 47.9 Å². The first-order valence-corrected chi connectivity index (χ1v) is 10.3. The van der Waals surface area contributed by atoms with Gasteiger partial charge in [-0.25, -0.2) is 4.79 Å². The molecule has 0 aromatic rings. The van der Waals surface area contributed by atoms with Gasteiger partial charge in [0.05, 0.1) is 72.5 Å². The van der Waals surface area contributed by atoms with Crippen molar-refractivity contribution in [2.24, 2.45) is 0 Å². The Bertz CT molecular complexity index is 539. The fraction of sp³-hybridized carbons (Fsp3) is 0.750. The lowest BCUT2D eigenvalue weighted by Crippen LogP contribution is -2.28. The molecule has 12 nitrogen and oxygen atoms in total. The van der Waals surface area contributed by atoms with E-state index in [9.17, 15) is 14.4 Å². The molecule has 0 saturated heterocycles. The molecule has 0 atom stereocenters. The Morgan fingerprint density at radius 1 is 0.688 bits per heavy atom. The van der Waals surface area contributed by atoms with Gasteiger partial charge in [-0.1, -0.05) is 5.92 Å². The normalized spacial score (nSPS) is 10.3. The van der Waals surface area contributed by atoms with Gasteiger partial charge in [-0.2, -0.15) is 0 Å². The molecule has 0 heterocycles. The first-order valence-electron chi connectivity index (χ1n) is 10.3. The molecule has 0 rings (SSSR count). The second-order valence-corrected chi connectivity index (χ2v) is 6.01.